The summed E-state index contributed by atoms with van der Waals surface area (Å²) in [5.41, 5.74) is 10.3. The molecule has 0 aliphatic heterocycles. The summed E-state index contributed by atoms with van der Waals surface area (Å²) in [4.78, 5) is 23.9. The molecule has 16 nitrogen and oxygen atoms in total. The molecule has 3 heterocycles. The first-order chi connectivity index (χ1) is 43.8. The molecule has 0 bridgehead atoms. The van der Waals surface area contributed by atoms with Gasteiger partial charge >= 0.3 is 23.1 Å². The van der Waals surface area contributed by atoms with Crippen LogP contribution in [0, 0.1) is 35.5 Å². The van der Waals surface area contributed by atoms with Crippen LogP contribution in [0.2, 0.25) is 19.6 Å². The Labute approximate surface area is 641 Å². The molecule has 25 heteroatoms. The van der Waals surface area contributed by atoms with Gasteiger partial charge in [0, 0.05) is 107 Å². The van der Waals surface area contributed by atoms with Crippen LogP contribution in [0.3, 0.4) is 0 Å². The van der Waals surface area contributed by atoms with Crippen molar-refractivity contribution in [2.45, 2.75) is 259 Å². The number of rotatable bonds is 18. The predicted molar refractivity (Wildman–Crippen MR) is 416 cm³/mol. The number of nitrogens with zero attached hydrogens (tertiary/aromatic N) is 5. The average molecular weight is 1560 g/mol. The topological polar surface area (TPSA) is 268 Å². The van der Waals surface area contributed by atoms with Gasteiger partial charge in [-0.3, -0.25) is 24.9 Å². The van der Waals surface area contributed by atoms with Crippen LogP contribution in [0.5, 0.6) is 0 Å². The number of Topliss-reactive ketones (excluding diaryl/α,β-unsaturated/α-hetero) is 1. The van der Waals surface area contributed by atoms with Gasteiger partial charge in [0.2, 0.25) is 0 Å². The van der Waals surface area contributed by atoms with Crippen molar-refractivity contribution in [1.82, 2.24) is 19.7 Å². The molecular weight excluding hydrogens is 1430 g/mol. The summed E-state index contributed by atoms with van der Waals surface area (Å²) in [5.74, 6) is 2.01. The molecule has 552 valence electrons. The fourth-order valence-electron chi connectivity index (χ4n) is 7.38. The first-order valence-electron chi connectivity index (χ1n) is 33.1. The number of halogens is 3. The van der Waals surface area contributed by atoms with E-state index in [2.05, 4.69) is 49.8 Å². The summed E-state index contributed by atoms with van der Waals surface area (Å²) in [6.07, 6.45) is 23.1. The van der Waals surface area contributed by atoms with Crippen molar-refractivity contribution in [3.05, 3.63) is 150 Å². The number of aliphatic hydroxyl groups excluding tert-OH is 4. The number of carbonyl (C=O) groups excluding carboxylic acids is 1. The Morgan fingerprint density at radius 1 is 0.663 bits per heavy atom. The molecule has 0 saturated heterocycles. The molecule has 98 heavy (non-hydrogen) atoms. The van der Waals surface area contributed by atoms with E-state index in [-0.39, 0.29) is 114 Å². The molecule has 0 radical (unpaired) electrons. The minimum atomic E-state index is -1.46. The van der Waals surface area contributed by atoms with Crippen molar-refractivity contribution in [2.75, 3.05) is 17.3 Å². The van der Waals surface area contributed by atoms with Crippen LogP contribution in [-0.2, 0) is 60.2 Å². The number of anilines is 2. The number of nitrogen functional groups attached to an aromatic ring is 1. The second kappa shape index (κ2) is 51.3. The van der Waals surface area contributed by atoms with Crippen molar-refractivity contribution in [3.8, 4) is 0 Å². The summed E-state index contributed by atoms with van der Waals surface area (Å²) in [6, 6.07) is 23.8. The Kier molecular flexibility index (Phi) is 53.1. The van der Waals surface area contributed by atoms with Crippen molar-refractivity contribution < 1.29 is 69.8 Å². The Morgan fingerprint density at radius 2 is 1.08 bits per heavy atom. The Bertz CT molecular complexity index is 3000. The van der Waals surface area contributed by atoms with Gasteiger partial charge in [-0.1, -0.05) is 76.4 Å². The van der Waals surface area contributed by atoms with E-state index in [0.29, 0.717) is 18.0 Å². The summed E-state index contributed by atoms with van der Waals surface area (Å²) < 4.78 is 71.7. The van der Waals surface area contributed by atoms with Crippen LogP contribution >= 0.6 is 17.0 Å². The molecule has 3 fully saturated rings. The Balaban J connectivity index is -0.000000363. The minimum Gasteiger partial charge on any atom is -1.00 e. The summed E-state index contributed by atoms with van der Waals surface area (Å²) in [5, 5.41) is 37.3. The monoisotopic (exact) mass is 1550 g/mol. The third kappa shape index (κ3) is 48.9. The van der Waals surface area contributed by atoms with E-state index in [0.717, 1.165) is 71.9 Å². The quantitative estimate of drug-likeness (QED) is 0.0142. The van der Waals surface area contributed by atoms with Crippen LogP contribution in [0.4, 0.5) is 20.2 Å². The maximum absolute atomic E-state index is 13.8. The fourth-order valence-corrected chi connectivity index (χ4v) is 9.91. The van der Waals surface area contributed by atoms with E-state index in [9.17, 15) is 26.2 Å². The SMILES string of the molecule is Br.CC(C)(C)S(=O)N=C(CCC1CC1)c1cccnc1.CC(C)(C)[S@@](N)=O.CC(C)(C)[S@](=O)NC(CCC1CC1)(c1cccnc1)c1ccc(F)c(N)c1.CC(C)O.CC(C)O.CC(C)O.CC(C)O.CN(c1c[c-]ccc1F)[Si](C)(C)C.O=C(CCC1CC1)c1cccnc1.[H-].[Mg+2].[Ti]. The van der Waals surface area contributed by atoms with E-state index in [1.807, 2.05) is 117 Å². The Morgan fingerprint density at radius 3 is 1.44 bits per heavy atom. The maximum atomic E-state index is 13.8. The number of carbonyl (C=O) groups is 1. The first-order valence-corrected chi connectivity index (χ1v) is 40.0. The van der Waals surface area contributed by atoms with Gasteiger partial charge in [-0.2, -0.15) is 22.6 Å². The van der Waals surface area contributed by atoms with E-state index in [1.54, 1.807) is 111 Å². The minimum absolute atomic E-state index is 0. The number of ketones is 1. The van der Waals surface area contributed by atoms with E-state index >= 15 is 0 Å². The van der Waals surface area contributed by atoms with Crippen LogP contribution in [0.15, 0.2) is 114 Å². The number of aromatic nitrogens is 3. The number of pyridine rings is 3. The molecule has 3 saturated carbocycles. The molecule has 0 spiro atoms. The predicted octanol–water partition coefficient (Wildman–Crippen LogP) is 15.4. The third-order valence-corrected chi connectivity index (χ3v) is 20.1. The van der Waals surface area contributed by atoms with Crippen LogP contribution in [0.25, 0.3) is 0 Å². The van der Waals surface area contributed by atoms with E-state index in [1.165, 1.54) is 50.7 Å². The van der Waals surface area contributed by atoms with Gasteiger partial charge < -0.3 is 32.2 Å². The normalized spacial score (nSPS) is 14.8. The maximum Gasteiger partial charge on any atom is 2.00 e. The zero-order valence-electron chi connectivity index (χ0n) is 63.8. The van der Waals surface area contributed by atoms with Crippen molar-refractivity contribution >= 4 is 104 Å². The first kappa shape index (κ1) is 101. The number of hydrogen-bond donors (Lipinski definition) is 7. The molecule has 3 aromatic heterocycles. The summed E-state index contributed by atoms with van der Waals surface area (Å²) >= 11 is 0. The second-order valence-electron chi connectivity index (χ2n) is 29.0. The number of hydrogen-bond acceptors (Lipinski definition) is 13. The van der Waals surface area contributed by atoms with Crippen molar-refractivity contribution in [1.29, 1.82) is 0 Å². The van der Waals surface area contributed by atoms with Crippen LogP contribution in [-0.4, -0.2) is 136 Å². The fraction of sp³-hybridized carbons (Fsp3) is 0.603. The molecule has 3 aliphatic carbocycles. The summed E-state index contributed by atoms with van der Waals surface area (Å²) in [7, 11) is -3.23. The van der Waals surface area contributed by atoms with Crippen molar-refractivity contribution in [2.24, 2.45) is 27.3 Å². The van der Waals surface area contributed by atoms with Gasteiger partial charge in [0.05, 0.1) is 53.2 Å². The number of nitrogens with one attached hydrogen (secondary N) is 1. The van der Waals surface area contributed by atoms with E-state index < -0.39 is 57.3 Å². The zero-order valence-corrected chi connectivity index (χ0v) is 71.0. The largest absolute Gasteiger partial charge is 2.00 e. The van der Waals surface area contributed by atoms with Gasteiger partial charge in [0.25, 0.3) is 0 Å². The summed E-state index contributed by atoms with van der Waals surface area (Å²) in [6.45, 7) is 37.5. The molecule has 0 amide bonds. The molecular formula is C73H123BrF2MgN8O8S3SiTi. The third-order valence-electron chi connectivity index (χ3n) is 13.5. The standard InChI is InChI=1S/C21H28FN3OS.C15H22N2OS.C11H13NO.C10H15FNSi.C4H11NOS.4C3H8O.BrH.Mg.Ti.H/c1-20(2,3)27(26)25-21(11-10-15-6-7-15,17-5-4-12-24-14-17)16-8-9-18(22)19(23)13-16;1-15(2,3)19(18)17-14(9-8-12-6-7-12)13-5-4-10-16-11-13;13-11(6-5-9-3-4-9)10-2-1-7-12-8-10;1-12(13(2,3)4)10-8-6-5-7-9(10)11;1-4(2,3)7(5)6;4*1-3(2)4;;;;/h4-5,8-9,12-15,25H,6-7,10-11,23H2,1-3H3;4-5,10-12H,6-9H2,1-3H3;1-2,7-9H,3-6H2;5,7-8H,1-4H3;5H2,1-3H3;4*3-4H,1-2H3;1H;;;/q;;;-1;;;;;;;+2;;-1/t21?,27-;;;;7-;;;;;;;;/m0...0......../s1. The number of benzene rings is 2. The van der Waals surface area contributed by atoms with Gasteiger partial charge in [0.1, 0.15) is 25.0 Å². The molecule has 2 unspecified atom stereocenters. The van der Waals surface area contributed by atoms with Crippen LogP contribution < -0.4 is 20.2 Å². The Hall–Kier alpha value is -2.92. The second-order valence-corrected chi connectivity index (χ2v) is 39.7. The number of aliphatic hydroxyl groups is 4. The molecule has 8 rings (SSSR count). The van der Waals surface area contributed by atoms with Gasteiger partial charge in [0.15, 0.2) is 5.78 Å². The van der Waals surface area contributed by atoms with E-state index in [4.69, 9.17) is 31.3 Å². The molecule has 5 aromatic rings. The van der Waals surface area contributed by atoms with Crippen LogP contribution in [0.1, 0.15) is 223 Å². The van der Waals surface area contributed by atoms with Gasteiger partial charge in [-0.25, -0.2) is 26.1 Å². The molecule has 2 aromatic carbocycles. The molecule has 9 N–H and O–H groups in total. The zero-order chi connectivity index (χ0) is 73.1. The van der Waals surface area contributed by atoms with Crippen molar-refractivity contribution in [3.63, 3.8) is 0 Å². The van der Waals surface area contributed by atoms with Gasteiger partial charge in [-0.15, -0.1) is 23.0 Å². The number of nitrogens with two attached hydrogens (primary N) is 2. The average Bonchev–Trinajstić information content (AvgIpc) is 1.25. The van der Waals surface area contributed by atoms with Gasteiger partial charge in [-0.05, 0) is 228 Å². The molecule has 4 atom stereocenters. The molecule has 3 aliphatic rings. The smallest absolute Gasteiger partial charge is 1.00 e.